The zero-order valence-electron chi connectivity index (χ0n) is 15.1. The van der Waals surface area contributed by atoms with Crippen molar-refractivity contribution in [1.82, 2.24) is 9.88 Å². The molecule has 0 atom stereocenters. The molecule has 0 radical (unpaired) electrons. The van der Waals surface area contributed by atoms with Crippen LogP contribution >= 0.6 is 11.6 Å². The van der Waals surface area contributed by atoms with Gasteiger partial charge in [0.2, 0.25) is 0 Å². The lowest BCUT2D eigenvalue weighted by Crippen LogP contribution is -2.36. The summed E-state index contributed by atoms with van der Waals surface area (Å²) in [4.78, 5) is 36.6. The smallest absolute Gasteiger partial charge is 0.255 e. The molecule has 1 aliphatic carbocycles. The van der Waals surface area contributed by atoms with Crippen LogP contribution in [0.2, 0.25) is 5.02 Å². The number of rotatable bonds is 4. The molecule has 1 heterocycles. The van der Waals surface area contributed by atoms with Crippen molar-refractivity contribution in [2.45, 2.75) is 38.1 Å². The highest BCUT2D eigenvalue weighted by atomic mass is 35.5. The van der Waals surface area contributed by atoms with Crippen LogP contribution in [0, 0.1) is 0 Å². The fraction of sp³-hybridized carbons (Fsp3) is 0.350. The van der Waals surface area contributed by atoms with Crippen LogP contribution in [-0.2, 0) is 7.05 Å². The molecule has 0 spiro atoms. The number of anilines is 1. The van der Waals surface area contributed by atoms with Gasteiger partial charge in [-0.15, -0.1) is 0 Å². The maximum absolute atomic E-state index is 12.6. The van der Waals surface area contributed by atoms with Crippen LogP contribution in [0.3, 0.4) is 0 Å². The minimum absolute atomic E-state index is 0.168. The monoisotopic (exact) mass is 387 g/mol. The average Bonchev–Trinajstić information content (AvgIpc) is 2.66. The summed E-state index contributed by atoms with van der Waals surface area (Å²) in [6.07, 6.45) is 6.92. The number of pyridine rings is 1. The molecular formula is C20H22ClN3O3. The van der Waals surface area contributed by atoms with E-state index in [1.807, 2.05) is 0 Å². The Hall–Kier alpha value is -2.60. The zero-order chi connectivity index (χ0) is 19.4. The Labute approximate surface area is 162 Å². The van der Waals surface area contributed by atoms with Gasteiger partial charge >= 0.3 is 0 Å². The molecule has 1 saturated carbocycles. The summed E-state index contributed by atoms with van der Waals surface area (Å²) in [6.45, 7) is 0. The summed E-state index contributed by atoms with van der Waals surface area (Å²) in [5.74, 6) is -0.662. The number of carbonyl (C=O) groups is 2. The van der Waals surface area contributed by atoms with Gasteiger partial charge in [-0.05, 0) is 37.1 Å². The van der Waals surface area contributed by atoms with E-state index in [-0.39, 0.29) is 23.1 Å². The van der Waals surface area contributed by atoms with E-state index in [1.54, 1.807) is 31.3 Å². The van der Waals surface area contributed by atoms with E-state index in [0.717, 1.165) is 25.7 Å². The number of carbonyl (C=O) groups excluding carboxylic acids is 2. The largest absolute Gasteiger partial charge is 0.349 e. The number of hydrogen-bond acceptors (Lipinski definition) is 3. The lowest BCUT2D eigenvalue weighted by molar-refractivity contribution is 0.0926. The molecule has 27 heavy (non-hydrogen) atoms. The number of amides is 2. The van der Waals surface area contributed by atoms with Crippen LogP contribution in [0.15, 0.2) is 41.3 Å². The number of aryl methyl sites for hydroxylation is 1. The summed E-state index contributed by atoms with van der Waals surface area (Å²) in [6, 6.07) is 7.75. The normalized spacial score (nSPS) is 14.6. The van der Waals surface area contributed by atoms with Gasteiger partial charge in [-0.3, -0.25) is 14.4 Å². The molecule has 1 aromatic carbocycles. The Morgan fingerprint density at radius 2 is 1.81 bits per heavy atom. The third-order valence-corrected chi connectivity index (χ3v) is 5.11. The van der Waals surface area contributed by atoms with Gasteiger partial charge < -0.3 is 15.2 Å². The third kappa shape index (κ3) is 4.77. The lowest BCUT2D eigenvalue weighted by Gasteiger charge is -2.23. The second kappa shape index (κ2) is 8.39. The molecule has 0 aliphatic heterocycles. The topological polar surface area (TPSA) is 80.2 Å². The molecule has 2 aromatic rings. The van der Waals surface area contributed by atoms with Crippen LogP contribution < -0.4 is 16.2 Å². The summed E-state index contributed by atoms with van der Waals surface area (Å²) >= 11 is 6.18. The minimum atomic E-state index is -0.423. The number of halogens is 1. The van der Waals surface area contributed by atoms with Crippen molar-refractivity contribution >= 4 is 29.1 Å². The molecule has 7 heteroatoms. The highest BCUT2D eigenvalue weighted by Crippen LogP contribution is 2.23. The first-order chi connectivity index (χ1) is 12.9. The number of hydrogen-bond donors (Lipinski definition) is 2. The molecule has 2 N–H and O–H groups in total. The van der Waals surface area contributed by atoms with Gasteiger partial charge in [0.05, 0.1) is 10.6 Å². The minimum Gasteiger partial charge on any atom is -0.349 e. The van der Waals surface area contributed by atoms with Crippen LogP contribution in [0.1, 0.15) is 52.8 Å². The molecule has 1 aromatic heterocycles. The highest BCUT2D eigenvalue weighted by Gasteiger charge is 2.19. The van der Waals surface area contributed by atoms with E-state index >= 15 is 0 Å². The van der Waals surface area contributed by atoms with Crippen molar-refractivity contribution in [3.63, 3.8) is 0 Å². The van der Waals surface area contributed by atoms with Crippen molar-refractivity contribution in [3.05, 3.63) is 63.0 Å². The van der Waals surface area contributed by atoms with E-state index in [2.05, 4.69) is 10.6 Å². The van der Waals surface area contributed by atoms with Crippen LogP contribution in [-0.4, -0.2) is 22.4 Å². The first-order valence-corrected chi connectivity index (χ1v) is 9.40. The third-order valence-electron chi connectivity index (χ3n) is 4.78. The Balaban J connectivity index is 1.74. The van der Waals surface area contributed by atoms with E-state index in [9.17, 15) is 14.4 Å². The SMILES string of the molecule is Cn1ccc(C(=O)Nc2ccc(Cl)c(C(=O)NC3CCCCC3)c2)cc1=O. The summed E-state index contributed by atoms with van der Waals surface area (Å²) in [7, 11) is 1.61. The lowest BCUT2D eigenvalue weighted by atomic mass is 9.95. The molecule has 142 valence electrons. The van der Waals surface area contributed by atoms with Crippen molar-refractivity contribution in [2.24, 2.45) is 7.05 Å². The molecule has 2 amide bonds. The molecule has 6 nitrogen and oxygen atoms in total. The van der Waals surface area contributed by atoms with Crippen LogP contribution in [0.25, 0.3) is 0 Å². The number of nitrogens with zero attached hydrogens (tertiary/aromatic N) is 1. The number of aromatic nitrogens is 1. The number of benzene rings is 1. The Bertz CT molecular complexity index is 917. The van der Waals surface area contributed by atoms with Crippen LogP contribution in [0.5, 0.6) is 0 Å². The number of nitrogens with one attached hydrogen (secondary N) is 2. The van der Waals surface area contributed by atoms with E-state index in [1.165, 1.54) is 23.3 Å². The summed E-state index contributed by atoms with van der Waals surface area (Å²) < 4.78 is 1.38. The predicted octanol–water partition coefficient (Wildman–Crippen LogP) is 3.35. The standard InChI is InChI=1S/C20H22ClN3O3/c1-24-10-9-13(11-18(24)25)19(26)23-15-7-8-17(21)16(12-15)20(27)22-14-5-3-2-4-6-14/h7-12,14H,2-6H2,1H3,(H,22,27)(H,23,26). The molecule has 0 saturated heterocycles. The highest BCUT2D eigenvalue weighted by molar-refractivity contribution is 6.34. The predicted molar refractivity (Wildman–Crippen MR) is 105 cm³/mol. The molecular weight excluding hydrogens is 366 g/mol. The maximum atomic E-state index is 12.6. The molecule has 1 fully saturated rings. The summed E-state index contributed by atoms with van der Waals surface area (Å²) in [5.41, 5.74) is 0.746. The van der Waals surface area contributed by atoms with Crippen molar-refractivity contribution in [3.8, 4) is 0 Å². The van der Waals surface area contributed by atoms with Gasteiger partial charge in [-0.2, -0.15) is 0 Å². The van der Waals surface area contributed by atoms with Gasteiger partial charge in [0.1, 0.15) is 0 Å². The Morgan fingerprint density at radius 3 is 2.52 bits per heavy atom. The van der Waals surface area contributed by atoms with Gasteiger partial charge in [0.25, 0.3) is 17.4 Å². The average molecular weight is 388 g/mol. The molecule has 3 rings (SSSR count). The first kappa shape index (κ1) is 19.2. The molecule has 1 aliphatic rings. The van der Waals surface area contributed by atoms with Crippen LogP contribution in [0.4, 0.5) is 5.69 Å². The fourth-order valence-electron chi connectivity index (χ4n) is 3.18. The fourth-order valence-corrected chi connectivity index (χ4v) is 3.38. The molecule has 0 bridgehead atoms. The maximum Gasteiger partial charge on any atom is 0.255 e. The Kier molecular flexibility index (Phi) is 5.96. The van der Waals surface area contributed by atoms with Gasteiger partial charge in [0, 0.05) is 36.6 Å². The van der Waals surface area contributed by atoms with E-state index < -0.39 is 5.91 Å². The van der Waals surface area contributed by atoms with Gasteiger partial charge in [-0.1, -0.05) is 30.9 Å². The van der Waals surface area contributed by atoms with E-state index in [4.69, 9.17) is 11.6 Å². The van der Waals surface area contributed by atoms with E-state index in [0.29, 0.717) is 16.3 Å². The first-order valence-electron chi connectivity index (χ1n) is 9.02. The zero-order valence-corrected chi connectivity index (χ0v) is 15.9. The van der Waals surface area contributed by atoms with Gasteiger partial charge in [-0.25, -0.2) is 0 Å². The van der Waals surface area contributed by atoms with Crippen molar-refractivity contribution in [1.29, 1.82) is 0 Å². The van der Waals surface area contributed by atoms with Crippen molar-refractivity contribution < 1.29 is 9.59 Å². The second-order valence-electron chi connectivity index (χ2n) is 6.82. The molecule has 0 unspecified atom stereocenters. The van der Waals surface area contributed by atoms with Crippen molar-refractivity contribution in [2.75, 3.05) is 5.32 Å². The quantitative estimate of drug-likeness (QED) is 0.844. The Morgan fingerprint density at radius 1 is 1.07 bits per heavy atom. The van der Waals surface area contributed by atoms with Gasteiger partial charge in [0.15, 0.2) is 0 Å². The summed E-state index contributed by atoms with van der Waals surface area (Å²) in [5, 5.41) is 6.06. The second-order valence-corrected chi connectivity index (χ2v) is 7.23.